The van der Waals surface area contributed by atoms with E-state index in [2.05, 4.69) is 4.90 Å². The second kappa shape index (κ2) is 1.81. The molecule has 0 unspecified atom stereocenters. The molecule has 52 valence electrons. The van der Waals surface area contributed by atoms with Crippen molar-refractivity contribution in [3.8, 4) is 0 Å². The summed E-state index contributed by atoms with van der Waals surface area (Å²) in [6, 6.07) is 0. The van der Waals surface area contributed by atoms with Gasteiger partial charge in [0, 0.05) is 13.0 Å². The van der Waals surface area contributed by atoms with Crippen molar-refractivity contribution >= 4 is 5.78 Å². The minimum atomic E-state index is -0.194. The van der Waals surface area contributed by atoms with Crippen LogP contribution in [-0.4, -0.2) is 29.8 Å². The summed E-state index contributed by atoms with van der Waals surface area (Å²) in [5, 5.41) is 0. The molecule has 0 radical (unpaired) electrons. The number of likely N-dealkylation sites (N-methyl/N-ethyl adjacent to an activating group) is 1. The Balaban J connectivity index is 2.78. The molecule has 0 saturated carbocycles. The third kappa shape index (κ3) is 0.874. The fraction of sp³-hybridized carbons (Fsp3) is 0.857. The van der Waals surface area contributed by atoms with Gasteiger partial charge in [0.05, 0.1) is 5.54 Å². The molecule has 1 rings (SSSR count). The molecule has 1 heterocycles. The van der Waals surface area contributed by atoms with Crippen molar-refractivity contribution in [2.75, 3.05) is 13.6 Å². The standard InChI is InChI=1S/C7H13NO/c1-7(2)6(9)4-5-8(7)3/h4-5H2,1-3H3. The van der Waals surface area contributed by atoms with Crippen molar-refractivity contribution in [1.82, 2.24) is 4.90 Å². The van der Waals surface area contributed by atoms with Crippen molar-refractivity contribution in [3.05, 3.63) is 0 Å². The maximum Gasteiger partial charge on any atom is 0.153 e. The molecule has 0 atom stereocenters. The first kappa shape index (κ1) is 6.75. The lowest BCUT2D eigenvalue weighted by Gasteiger charge is -2.24. The van der Waals surface area contributed by atoms with Gasteiger partial charge in [-0.25, -0.2) is 0 Å². The van der Waals surface area contributed by atoms with E-state index in [1.165, 1.54) is 0 Å². The Morgan fingerprint density at radius 2 is 2.11 bits per heavy atom. The fourth-order valence-corrected chi connectivity index (χ4v) is 1.07. The molecule has 0 aromatic rings. The molecule has 0 aromatic carbocycles. The zero-order valence-corrected chi connectivity index (χ0v) is 6.27. The number of nitrogens with zero attached hydrogens (tertiary/aromatic N) is 1. The van der Waals surface area contributed by atoms with Gasteiger partial charge in [-0.3, -0.25) is 9.69 Å². The third-order valence-electron chi connectivity index (χ3n) is 2.31. The summed E-state index contributed by atoms with van der Waals surface area (Å²) in [6.45, 7) is 4.87. The molecule has 1 aliphatic rings. The second-order valence-corrected chi connectivity index (χ2v) is 3.15. The minimum absolute atomic E-state index is 0.194. The number of hydrogen-bond acceptors (Lipinski definition) is 2. The normalized spacial score (nSPS) is 27.2. The highest BCUT2D eigenvalue weighted by molar-refractivity contribution is 5.89. The van der Waals surface area contributed by atoms with Crippen LogP contribution in [0.2, 0.25) is 0 Å². The lowest BCUT2D eigenvalue weighted by atomic mass is 10.0. The number of rotatable bonds is 0. The van der Waals surface area contributed by atoms with E-state index in [1.54, 1.807) is 0 Å². The molecule has 0 N–H and O–H groups in total. The quantitative estimate of drug-likeness (QED) is 0.476. The summed E-state index contributed by atoms with van der Waals surface area (Å²) < 4.78 is 0. The van der Waals surface area contributed by atoms with Gasteiger partial charge < -0.3 is 0 Å². The Morgan fingerprint density at radius 3 is 2.22 bits per heavy atom. The van der Waals surface area contributed by atoms with E-state index in [1.807, 2.05) is 20.9 Å². The van der Waals surface area contributed by atoms with Crippen LogP contribution in [0.5, 0.6) is 0 Å². The zero-order chi connectivity index (χ0) is 7.07. The first-order chi connectivity index (χ1) is 4.05. The third-order valence-corrected chi connectivity index (χ3v) is 2.31. The van der Waals surface area contributed by atoms with E-state index in [-0.39, 0.29) is 5.54 Å². The smallest absolute Gasteiger partial charge is 0.153 e. The molecular formula is C7H13NO. The first-order valence-electron chi connectivity index (χ1n) is 3.29. The molecule has 0 bridgehead atoms. The molecule has 1 saturated heterocycles. The molecule has 1 aliphatic heterocycles. The number of ketones is 1. The van der Waals surface area contributed by atoms with Gasteiger partial charge in [0.1, 0.15) is 0 Å². The monoisotopic (exact) mass is 127 g/mol. The second-order valence-electron chi connectivity index (χ2n) is 3.15. The van der Waals surface area contributed by atoms with E-state index in [0.29, 0.717) is 5.78 Å². The van der Waals surface area contributed by atoms with Crippen LogP contribution in [0.1, 0.15) is 20.3 Å². The summed E-state index contributed by atoms with van der Waals surface area (Å²) in [5.41, 5.74) is -0.194. The summed E-state index contributed by atoms with van der Waals surface area (Å²) >= 11 is 0. The Bertz CT molecular complexity index is 140. The number of carbonyl (C=O) groups is 1. The van der Waals surface area contributed by atoms with Gasteiger partial charge >= 0.3 is 0 Å². The van der Waals surface area contributed by atoms with E-state index in [0.717, 1.165) is 13.0 Å². The average molecular weight is 127 g/mol. The summed E-state index contributed by atoms with van der Waals surface area (Å²) in [4.78, 5) is 13.2. The van der Waals surface area contributed by atoms with Gasteiger partial charge in [-0.2, -0.15) is 0 Å². The van der Waals surface area contributed by atoms with Gasteiger partial charge in [-0.15, -0.1) is 0 Å². The topological polar surface area (TPSA) is 20.3 Å². The summed E-state index contributed by atoms with van der Waals surface area (Å²) in [7, 11) is 1.99. The van der Waals surface area contributed by atoms with E-state index >= 15 is 0 Å². The van der Waals surface area contributed by atoms with Crippen LogP contribution < -0.4 is 0 Å². The average Bonchev–Trinajstić information content (AvgIpc) is 1.96. The van der Waals surface area contributed by atoms with E-state index in [9.17, 15) is 4.79 Å². The molecule has 2 nitrogen and oxygen atoms in total. The number of hydrogen-bond donors (Lipinski definition) is 0. The Labute approximate surface area is 55.8 Å². The van der Waals surface area contributed by atoms with Crippen molar-refractivity contribution in [2.24, 2.45) is 0 Å². The number of Topliss-reactive ketones (excluding diaryl/α,β-unsaturated/α-hetero) is 1. The molecule has 0 aromatic heterocycles. The van der Waals surface area contributed by atoms with Crippen molar-refractivity contribution < 1.29 is 4.79 Å². The van der Waals surface area contributed by atoms with E-state index < -0.39 is 0 Å². The summed E-state index contributed by atoms with van der Waals surface area (Å²) in [6.07, 6.45) is 0.726. The fourth-order valence-electron chi connectivity index (χ4n) is 1.07. The molecule has 0 spiro atoms. The Hall–Kier alpha value is -0.370. The van der Waals surface area contributed by atoms with Gasteiger partial charge in [-0.05, 0) is 20.9 Å². The summed E-state index contributed by atoms with van der Waals surface area (Å²) in [5.74, 6) is 0.366. The van der Waals surface area contributed by atoms with Crippen molar-refractivity contribution in [2.45, 2.75) is 25.8 Å². The molecule has 1 fully saturated rings. The molecule has 2 heteroatoms. The Morgan fingerprint density at radius 1 is 1.56 bits per heavy atom. The van der Waals surface area contributed by atoms with Crippen LogP contribution in [0.25, 0.3) is 0 Å². The Kier molecular flexibility index (Phi) is 1.35. The van der Waals surface area contributed by atoms with E-state index in [4.69, 9.17) is 0 Å². The van der Waals surface area contributed by atoms with Crippen LogP contribution in [0, 0.1) is 0 Å². The van der Waals surface area contributed by atoms with Crippen molar-refractivity contribution in [1.29, 1.82) is 0 Å². The SMILES string of the molecule is CN1CCC(=O)C1(C)C. The van der Waals surface area contributed by atoms with Gasteiger partial charge in [0.15, 0.2) is 5.78 Å². The minimum Gasteiger partial charge on any atom is -0.298 e. The van der Waals surface area contributed by atoms with Gasteiger partial charge in [-0.1, -0.05) is 0 Å². The van der Waals surface area contributed by atoms with Crippen LogP contribution in [0.15, 0.2) is 0 Å². The molecule has 9 heavy (non-hydrogen) atoms. The number of likely N-dealkylation sites (tertiary alicyclic amines) is 1. The first-order valence-corrected chi connectivity index (χ1v) is 3.29. The van der Waals surface area contributed by atoms with Crippen molar-refractivity contribution in [3.63, 3.8) is 0 Å². The highest BCUT2D eigenvalue weighted by Gasteiger charge is 2.36. The lowest BCUT2D eigenvalue weighted by molar-refractivity contribution is -0.123. The van der Waals surface area contributed by atoms with Crippen LogP contribution in [0.4, 0.5) is 0 Å². The lowest BCUT2D eigenvalue weighted by Crippen LogP contribution is -2.39. The molecule has 0 amide bonds. The highest BCUT2D eigenvalue weighted by atomic mass is 16.1. The molecule has 0 aliphatic carbocycles. The zero-order valence-electron chi connectivity index (χ0n) is 6.27. The van der Waals surface area contributed by atoms with Gasteiger partial charge in [0.25, 0.3) is 0 Å². The maximum absolute atomic E-state index is 11.1. The largest absolute Gasteiger partial charge is 0.298 e. The predicted octanol–water partition coefficient (Wildman–Crippen LogP) is 0.670. The molecular weight excluding hydrogens is 114 g/mol. The van der Waals surface area contributed by atoms with Crippen LogP contribution in [-0.2, 0) is 4.79 Å². The highest BCUT2D eigenvalue weighted by Crippen LogP contribution is 2.21. The predicted molar refractivity (Wildman–Crippen MR) is 36.3 cm³/mol. The van der Waals surface area contributed by atoms with Crippen LogP contribution >= 0.6 is 0 Å². The maximum atomic E-state index is 11.1. The van der Waals surface area contributed by atoms with Crippen LogP contribution in [0.3, 0.4) is 0 Å². The van der Waals surface area contributed by atoms with Gasteiger partial charge in [0.2, 0.25) is 0 Å². The number of carbonyl (C=O) groups excluding carboxylic acids is 1.